The molecule has 2 saturated heterocycles. The van der Waals surface area contributed by atoms with E-state index in [4.69, 9.17) is 0 Å². The van der Waals surface area contributed by atoms with Crippen LogP contribution in [-0.2, 0) is 4.79 Å². The third-order valence-corrected chi connectivity index (χ3v) is 4.91. The van der Waals surface area contributed by atoms with Crippen LogP contribution in [0.4, 0.5) is 0 Å². The Bertz CT molecular complexity index is 299. The number of halogens is 2. The molecule has 0 aromatic rings. The van der Waals surface area contributed by atoms with E-state index in [0.29, 0.717) is 11.8 Å². The molecule has 0 aromatic carbocycles. The molecule has 3 rings (SSSR count). The lowest BCUT2D eigenvalue weighted by atomic mass is 9.91. The third kappa shape index (κ3) is 4.00. The first-order valence-corrected chi connectivity index (χ1v) is 7.58. The van der Waals surface area contributed by atoms with Gasteiger partial charge in [0, 0.05) is 38.1 Å². The fraction of sp³-hybridized carbons (Fsp3) is 0.929. The van der Waals surface area contributed by atoms with Gasteiger partial charge in [-0.25, -0.2) is 0 Å². The van der Waals surface area contributed by atoms with Crippen LogP contribution in [0.15, 0.2) is 0 Å². The minimum atomic E-state index is 0. The minimum absolute atomic E-state index is 0. The molecule has 1 N–H and O–H groups in total. The van der Waals surface area contributed by atoms with E-state index in [0.717, 1.165) is 58.2 Å². The fourth-order valence-electron chi connectivity index (χ4n) is 3.39. The maximum atomic E-state index is 12.4. The number of piperidine rings is 1. The normalized spacial score (nSPS) is 25.3. The van der Waals surface area contributed by atoms with E-state index in [-0.39, 0.29) is 24.8 Å². The van der Waals surface area contributed by atoms with Gasteiger partial charge in [-0.3, -0.25) is 9.69 Å². The summed E-state index contributed by atoms with van der Waals surface area (Å²) < 4.78 is 0. The standard InChI is InChI=1S/C14H25N3O.2ClH/c18-14(12-4-6-15-7-5-12)17-10-8-16(9-11-17)13-2-1-3-13;;/h12-13,15H,1-11H2;2*1H. The molecule has 4 nitrogen and oxygen atoms in total. The first kappa shape index (κ1) is 18.0. The maximum Gasteiger partial charge on any atom is 0.225 e. The molecule has 0 atom stereocenters. The van der Waals surface area contributed by atoms with E-state index in [9.17, 15) is 4.79 Å². The summed E-state index contributed by atoms with van der Waals surface area (Å²) in [6.45, 7) is 6.14. The van der Waals surface area contributed by atoms with Crippen molar-refractivity contribution in [3.8, 4) is 0 Å². The van der Waals surface area contributed by atoms with Crippen molar-refractivity contribution in [2.75, 3.05) is 39.3 Å². The summed E-state index contributed by atoms with van der Waals surface area (Å²) in [5.74, 6) is 0.714. The van der Waals surface area contributed by atoms with Crippen molar-refractivity contribution in [2.24, 2.45) is 5.92 Å². The Balaban J connectivity index is 0.000001000. The number of carbonyl (C=O) groups excluding carboxylic acids is 1. The first-order valence-electron chi connectivity index (χ1n) is 7.58. The predicted octanol–water partition coefficient (Wildman–Crippen LogP) is 1.53. The summed E-state index contributed by atoms with van der Waals surface area (Å²) in [4.78, 5) is 17.1. The van der Waals surface area contributed by atoms with Crippen LogP contribution in [0.5, 0.6) is 0 Å². The highest BCUT2D eigenvalue weighted by atomic mass is 35.5. The van der Waals surface area contributed by atoms with Gasteiger partial charge in [-0.1, -0.05) is 6.42 Å². The molecular formula is C14H27Cl2N3O. The van der Waals surface area contributed by atoms with Crippen LogP contribution in [0.3, 0.4) is 0 Å². The van der Waals surface area contributed by atoms with Crippen LogP contribution < -0.4 is 5.32 Å². The number of hydrogen-bond acceptors (Lipinski definition) is 3. The summed E-state index contributed by atoms with van der Waals surface area (Å²) in [6, 6.07) is 0.834. The molecule has 0 spiro atoms. The molecule has 0 aromatic heterocycles. The number of hydrogen-bond donors (Lipinski definition) is 1. The molecule has 2 aliphatic heterocycles. The fourth-order valence-corrected chi connectivity index (χ4v) is 3.39. The Morgan fingerprint density at radius 1 is 0.900 bits per heavy atom. The highest BCUT2D eigenvalue weighted by molar-refractivity contribution is 5.85. The Labute approximate surface area is 134 Å². The molecule has 0 unspecified atom stereocenters. The molecule has 118 valence electrons. The van der Waals surface area contributed by atoms with Gasteiger partial charge in [-0.15, -0.1) is 24.8 Å². The van der Waals surface area contributed by atoms with Gasteiger partial charge >= 0.3 is 0 Å². The zero-order valence-electron chi connectivity index (χ0n) is 12.1. The predicted molar refractivity (Wildman–Crippen MR) is 85.9 cm³/mol. The number of carbonyl (C=O) groups is 1. The van der Waals surface area contributed by atoms with Crippen LogP contribution in [-0.4, -0.2) is 61.0 Å². The zero-order chi connectivity index (χ0) is 12.4. The van der Waals surface area contributed by atoms with E-state index < -0.39 is 0 Å². The smallest absolute Gasteiger partial charge is 0.225 e. The van der Waals surface area contributed by atoms with Gasteiger partial charge in [0.25, 0.3) is 0 Å². The van der Waals surface area contributed by atoms with Crippen LogP contribution in [0.1, 0.15) is 32.1 Å². The first-order chi connectivity index (χ1) is 8.84. The molecule has 6 heteroatoms. The summed E-state index contributed by atoms with van der Waals surface area (Å²) in [7, 11) is 0. The van der Waals surface area contributed by atoms with Crippen molar-refractivity contribution < 1.29 is 4.79 Å². The summed E-state index contributed by atoms with van der Waals surface area (Å²) in [6.07, 6.45) is 6.21. The quantitative estimate of drug-likeness (QED) is 0.837. The Hall–Kier alpha value is -0.0300. The van der Waals surface area contributed by atoms with Crippen LogP contribution >= 0.6 is 24.8 Å². The molecule has 1 amide bonds. The van der Waals surface area contributed by atoms with Crippen molar-refractivity contribution >= 4 is 30.7 Å². The van der Waals surface area contributed by atoms with Crippen molar-refractivity contribution in [3.63, 3.8) is 0 Å². The third-order valence-electron chi connectivity index (χ3n) is 4.91. The van der Waals surface area contributed by atoms with Crippen LogP contribution in [0.2, 0.25) is 0 Å². The lowest BCUT2D eigenvalue weighted by Crippen LogP contribution is -2.55. The van der Waals surface area contributed by atoms with Gasteiger partial charge in [0.2, 0.25) is 5.91 Å². The number of rotatable bonds is 2. The van der Waals surface area contributed by atoms with E-state index in [1.807, 2.05) is 0 Å². The number of amides is 1. The molecule has 0 bridgehead atoms. The molecule has 2 heterocycles. The highest BCUT2D eigenvalue weighted by Crippen LogP contribution is 2.26. The van der Waals surface area contributed by atoms with Gasteiger partial charge in [-0.05, 0) is 38.8 Å². The van der Waals surface area contributed by atoms with Crippen LogP contribution in [0.25, 0.3) is 0 Å². The number of piperazine rings is 1. The lowest BCUT2D eigenvalue weighted by molar-refractivity contribution is -0.138. The lowest BCUT2D eigenvalue weighted by Gasteiger charge is -2.43. The van der Waals surface area contributed by atoms with E-state index in [1.165, 1.54) is 19.3 Å². The van der Waals surface area contributed by atoms with E-state index >= 15 is 0 Å². The van der Waals surface area contributed by atoms with Crippen molar-refractivity contribution in [1.29, 1.82) is 0 Å². The second kappa shape index (κ2) is 8.42. The zero-order valence-corrected chi connectivity index (χ0v) is 13.7. The SMILES string of the molecule is Cl.Cl.O=C(C1CCNCC1)N1CCN(C2CCC2)CC1. The van der Waals surface area contributed by atoms with Gasteiger partial charge in [0.05, 0.1) is 0 Å². The largest absolute Gasteiger partial charge is 0.340 e. The Morgan fingerprint density at radius 2 is 1.50 bits per heavy atom. The van der Waals surface area contributed by atoms with Crippen molar-refractivity contribution in [2.45, 2.75) is 38.1 Å². The summed E-state index contributed by atoms with van der Waals surface area (Å²) in [5, 5.41) is 3.33. The van der Waals surface area contributed by atoms with Crippen molar-refractivity contribution in [3.05, 3.63) is 0 Å². The molecule has 20 heavy (non-hydrogen) atoms. The topological polar surface area (TPSA) is 35.6 Å². The van der Waals surface area contributed by atoms with Crippen LogP contribution in [0, 0.1) is 5.92 Å². The molecule has 3 fully saturated rings. The Morgan fingerprint density at radius 3 is 2.00 bits per heavy atom. The van der Waals surface area contributed by atoms with E-state index in [1.54, 1.807) is 0 Å². The van der Waals surface area contributed by atoms with Crippen molar-refractivity contribution in [1.82, 2.24) is 15.1 Å². The Kier molecular flexibility index (Phi) is 7.59. The van der Waals surface area contributed by atoms with E-state index in [2.05, 4.69) is 15.1 Å². The molecule has 1 saturated carbocycles. The highest BCUT2D eigenvalue weighted by Gasteiger charge is 2.31. The molecule has 0 radical (unpaired) electrons. The second-order valence-corrected chi connectivity index (χ2v) is 5.97. The van der Waals surface area contributed by atoms with Gasteiger partial charge in [0.1, 0.15) is 0 Å². The monoisotopic (exact) mass is 323 g/mol. The van der Waals surface area contributed by atoms with Gasteiger partial charge in [-0.2, -0.15) is 0 Å². The molecule has 3 aliphatic rings. The second-order valence-electron chi connectivity index (χ2n) is 5.97. The molecule has 1 aliphatic carbocycles. The minimum Gasteiger partial charge on any atom is -0.340 e. The summed E-state index contributed by atoms with van der Waals surface area (Å²) >= 11 is 0. The number of nitrogens with zero attached hydrogens (tertiary/aromatic N) is 2. The average Bonchev–Trinajstić information content (AvgIpc) is 2.38. The average molecular weight is 324 g/mol. The maximum absolute atomic E-state index is 12.4. The number of nitrogens with one attached hydrogen (secondary N) is 1. The van der Waals surface area contributed by atoms with Gasteiger partial charge in [0.15, 0.2) is 0 Å². The molecular weight excluding hydrogens is 297 g/mol. The summed E-state index contributed by atoms with van der Waals surface area (Å²) in [5.41, 5.74) is 0. The van der Waals surface area contributed by atoms with Gasteiger partial charge < -0.3 is 10.2 Å².